The molecule has 1 aromatic rings. The van der Waals surface area contributed by atoms with Crippen molar-refractivity contribution < 1.29 is 14.3 Å². The number of urea groups is 1. The molecule has 0 bridgehead atoms. The Hall–Kier alpha value is -1.76. The number of rotatable bonds is 3. The topological polar surface area (TPSA) is 70.7 Å². The van der Waals surface area contributed by atoms with E-state index in [2.05, 4.69) is 10.6 Å². The molecule has 2 heterocycles. The summed E-state index contributed by atoms with van der Waals surface area (Å²) in [5.74, 6) is 0.407. The molecule has 0 aliphatic carbocycles. The Bertz CT molecular complexity index is 442. The van der Waals surface area contributed by atoms with Crippen molar-refractivity contribution in [3.05, 3.63) is 17.5 Å². The second kappa shape index (κ2) is 7.14. The minimum absolute atomic E-state index is 0.178. The number of hydrogen-bond acceptors (Lipinski definition) is 4. The average Bonchev–Trinajstić information content (AvgIpc) is 2.97. The Morgan fingerprint density at radius 3 is 2.80 bits per heavy atom. The van der Waals surface area contributed by atoms with Crippen LogP contribution in [0.4, 0.5) is 14.6 Å². The monoisotopic (exact) mass is 297 g/mol. The standard InChI is InChI=1S/C13H19N3O3S/c1-19-13(18)16-6-4-10(5-7-16)9-14-12(17)15-11-3-2-8-20-11/h2-3,8,10H,4-7,9H2,1H3,(H2,14,15,17). The molecule has 0 saturated carbocycles. The van der Waals surface area contributed by atoms with Gasteiger partial charge in [0.25, 0.3) is 0 Å². The lowest BCUT2D eigenvalue weighted by Crippen LogP contribution is -2.42. The van der Waals surface area contributed by atoms with E-state index in [0.717, 1.165) is 17.8 Å². The first-order chi connectivity index (χ1) is 9.69. The summed E-state index contributed by atoms with van der Waals surface area (Å²) < 4.78 is 4.69. The largest absolute Gasteiger partial charge is 0.453 e. The smallest absolute Gasteiger partial charge is 0.409 e. The highest BCUT2D eigenvalue weighted by atomic mass is 32.1. The van der Waals surface area contributed by atoms with E-state index in [4.69, 9.17) is 4.74 Å². The van der Waals surface area contributed by atoms with Gasteiger partial charge in [0.05, 0.1) is 12.1 Å². The molecule has 1 fully saturated rings. The Kier molecular flexibility index (Phi) is 5.23. The second-order valence-electron chi connectivity index (χ2n) is 4.71. The van der Waals surface area contributed by atoms with E-state index >= 15 is 0 Å². The first-order valence-corrected chi connectivity index (χ1v) is 7.48. The van der Waals surface area contributed by atoms with Crippen LogP contribution in [0.2, 0.25) is 0 Å². The van der Waals surface area contributed by atoms with E-state index < -0.39 is 0 Å². The maximum atomic E-state index is 11.7. The summed E-state index contributed by atoms with van der Waals surface area (Å²) in [6, 6.07) is 3.57. The molecule has 3 amide bonds. The molecule has 2 N–H and O–H groups in total. The number of anilines is 1. The molecule has 0 atom stereocenters. The number of nitrogens with zero attached hydrogens (tertiary/aromatic N) is 1. The quantitative estimate of drug-likeness (QED) is 0.899. The first kappa shape index (κ1) is 14.6. The molecular formula is C13H19N3O3S. The maximum absolute atomic E-state index is 11.7. The molecule has 0 unspecified atom stereocenters. The molecule has 1 saturated heterocycles. The van der Waals surface area contributed by atoms with Gasteiger partial charge < -0.3 is 15.0 Å². The summed E-state index contributed by atoms with van der Waals surface area (Å²) in [4.78, 5) is 24.7. The predicted octanol–water partition coefficient (Wildman–Crippen LogP) is 2.35. The van der Waals surface area contributed by atoms with Crippen LogP contribution in [-0.4, -0.2) is 43.8 Å². The number of ether oxygens (including phenoxy) is 1. The SMILES string of the molecule is COC(=O)N1CCC(CNC(=O)Nc2cccs2)CC1. The van der Waals surface area contributed by atoms with Crippen LogP contribution in [-0.2, 0) is 4.74 Å². The summed E-state index contributed by atoms with van der Waals surface area (Å²) in [6.07, 6.45) is 1.50. The van der Waals surface area contributed by atoms with Gasteiger partial charge in [-0.15, -0.1) is 11.3 Å². The third-order valence-corrected chi connectivity index (χ3v) is 4.14. The van der Waals surface area contributed by atoms with Crippen molar-refractivity contribution in [1.29, 1.82) is 0 Å². The van der Waals surface area contributed by atoms with Gasteiger partial charge in [-0.2, -0.15) is 0 Å². The van der Waals surface area contributed by atoms with Crippen molar-refractivity contribution in [3.63, 3.8) is 0 Å². The molecule has 0 radical (unpaired) electrons. The zero-order valence-corrected chi connectivity index (χ0v) is 12.2. The number of thiophene rings is 1. The molecule has 1 aliphatic rings. The zero-order chi connectivity index (χ0) is 14.4. The van der Waals surface area contributed by atoms with Crippen LogP contribution < -0.4 is 10.6 Å². The van der Waals surface area contributed by atoms with Gasteiger partial charge in [0, 0.05) is 19.6 Å². The summed E-state index contributed by atoms with van der Waals surface area (Å²) >= 11 is 1.49. The highest BCUT2D eigenvalue weighted by molar-refractivity contribution is 7.14. The van der Waals surface area contributed by atoms with Crippen molar-refractivity contribution >= 4 is 28.5 Å². The van der Waals surface area contributed by atoms with Gasteiger partial charge in [0.1, 0.15) is 0 Å². The van der Waals surface area contributed by atoms with Gasteiger partial charge in [0.15, 0.2) is 0 Å². The van der Waals surface area contributed by atoms with Gasteiger partial charge in [0.2, 0.25) is 0 Å². The Balaban J connectivity index is 1.66. The molecule has 7 heteroatoms. The number of methoxy groups -OCH3 is 1. The van der Waals surface area contributed by atoms with Crippen LogP contribution >= 0.6 is 11.3 Å². The van der Waals surface area contributed by atoms with E-state index in [9.17, 15) is 9.59 Å². The molecule has 6 nitrogen and oxygen atoms in total. The van der Waals surface area contributed by atoms with Crippen LogP contribution in [0.25, 0.3) is 0 Å². The van der Waals surface area contributed by atoms with E-state index in [-0.39, 0.29) is 12.1 Å². The molecule has 0 spiro atoms. The predicted molar refractivity (Wildman–Crippen MR) is 78.0 cm³/mol. The fourth-order valence-corrected chi connectivity index (χ4v) is 2.80. The third kappa shape index (κ3) is 4.12. The minimum Gasteiger partial charge on any atom is -0.453 e. The zero-order valence-electron chi connectivity index (χ0n) is 11.4. The second-order valence-corrected chi connectivity index (χ2v) is 5.66. The number of nitrogens with one attached hydrogen (secondary N) is 2. The van der Waals surface area contributed by atoms with Gasteiger partial charge >= 0.3 is 12.1 Å². The number of hydrogen-bond donors (Lipinski definition) is 2. The summed E-state index contributed by atoms with van der Waals surface area (Å²) in [6.45, 7) is 2.00. The molecule has 1 aromatic heterocycles. The normalized spacial score (nSPS) is 15.8. The van der Waals surface area contributed by atoms with Crippen LogP contribution in [0, 0.1) is 5.92 Å². The summed E-state index contributed by atoms with van der Waals surface area (Å²) in [5, 5.41) is 8.40. The van der Waals surface area contributed by atoms with Crippen LogP contribution in [0.3, 0.4) is 0 Å². The maximum Gasteiger partial charge on any atom is 0.409 e. The molecule has 0 aromatic carbocycles. The number of carbonyl (C=O) groups excluding carboxylic acids is 2. The molecule has 20 heavy (non-hydrogen) atoms. The van der Waals surface area contributed by atoms with Crippen molar-refractivity contribution in [3.8, 4) is 0 Å². The van der Waals surface area contributed by atoms with Gasteiger partial charge in [-0.3, -0.25) is 5.32 Å². The number of carbonyl (C=O) groups is 2. The first-order valence-electron chi connectivity index (χ1n) is 6.60. The Morgan fingerprint density at radius 2 is 2.20 bits per heavy atom. The minimum atomic E-state index is -0.271. The Morgan fingerprint density at radius 1 is 1.45 bits per heavy atom. The average molecular weight is 297 g/mol. The van der Waals surface area contributed by atoms with Gasteiger partial charge in [-0.25, -0.2) is 9.59 Å². The fourth-order valence-electron chi connectivity index (χ4n) is 2.19. The molecule has 1 aliphatic heterocycles. The highest BCUT2D eigenvalue weighted by Crippen LogP contribution is 2.17. The van der Waals surface area contributed by atoms with Gasteiger partial charge in [-0.1, -0.05) is 0 Å². The van der Waals surface area contributed by atoms with Crippen LogP contribution in [0.15, 0.2) is 17.5 Å². The van der Waals surface area contributed by atoms with Crippen molar-refractivity contribution in [2.45, 2.75) is 12.8 Å². The number of amides is 3. The van der Waals surface area contributed by atoms with E-state index in [0.29, 0.717) is 25.6 Å². The van der Waals surface area contributed by atoms with Crippen molar-refractivity contribution in [2.24, 2.45) is 5.92 Å². The number of piperidine rings is 1. The third-order valence-electron chi connectivity index (χ3n) is 3.36. The van der Waals surface area contributed by atoms with E-state index in [1.807, 2.05) is 17.5 Å². The Labute approximate surface area is 122 Å². The van der Waals surface area contributed by atoms with E-state index in [1.54, 1.807) is 4.90 Å². The van der Waals surface area contributed by atoms with Crippen LogP contribution in [0.1, 0.15) is 12.8 Å². The lowest BCUT2D eigenvalue weighted by molar-refractivity contribution is 0.106. The van der Waals surface area contributed by atoms with Crippen molar-refractivity contribution in [1.82, 2.24) is 10.2 Å². The van der Waals surface area contributed by atoms with E-state index in [1.165, 1.54) is 18.4 Å². The van der Waals surface area contributed by atoms with Crippen molar-refractivity contribution in [2.75, 3.05) is 32.1 Å². The molecular weight excluding hydrogens is 278 g/mol. The fraction of sp³-hybridized carbons (Fsp3) is 0.538. The number of likely N-dealkylation sites (tertiary alicyclic amines) is 1. The highest BCUT2D eigenvalue weighted by Gasteiger charge is 2.23. The molecule has 110 valence electrons. The summed E-state index contributed by atoms with van der Waals surface area (Å²) in [7, 11) is 1.39. The summed E-state index contributed by atoms with van der Waals surface area (Å²) in [5.41, 5.74) is 0. The lowest BCUT2D eigenvalue weighted by Gasteiger charge is -2.30. The van der Waals surface area contributed by atoms with Crippen LogP contribution in [0.5, 0.6) is 0 Å². The lowest BCUT2D eigenvalue weighted by atomic mass is 9.97. The molecule has 2 rings (SSSR count). The van der Waals surface area contributed by atoms with Gasteiger partial charge in [-0.05, 0) is 36.3 Å².